The van der Waals surface area contributed by atoms with E-state index in [0.717, 1.165) is 18.4 Å². The molecule has 2 N–H and O–H groups in total. The largest absolute Gasteiger partial charge is 0.313 e. The molecule has 0 spiro atoms. The summed E-state index contributed by atoms with van der Waals surface area (Å²) in [6, 6.07) is 5.98. The van der Waals surface area contributed by atoms with E-state index < -0.39 is 10.0 Å². The lowest BCUT2D eigenvalue weighted by Gasteiger charge is -2.14. The van der Waals surface area contributed by atoms with Gasteiger partial charge in [-0.05, 0) is 37.5 Å². The summed E-state index contributed by atoms with van der Waals surface area (Å²) in [6.45, 7) is 2.22. The maximum atomic E-state index is 12.8. The van der Waals surface area contributed by atoms with Crippen LogP contribution in [-0.2, 0) is 10.0 Å². The van der Waals surface area contributed by atoms with Gasteiger partial charge >= 0.3 is 0 Å². The second-order valence-corrected chi connectivity index (χ2v) is 6.81. The van der Waals surface area contributed by atoms with Crippen LogP contribution in [0.25, 0.3) is 0 Å². The standard InChI is InChI=1S/C13H19FN2O2S/c1-10(11-2-4-12(14)5-3-11)16-19(17,18)9-8-15-13-6-7-13/h2-5,10,13,15-16H,6-9H2,1H3. The van der Waals surface area contributed by atoms with Gasteiger partial charge in [-0.1, -0.05) is 12.1 Å². The summed E-state index contributed by atoms with van der Waals surface area (Å²) in [6.07, 6.45) is 2.28. The molecule has 0 aliphatic heterocycles. The third kappa shape index (κ3) is 4.89. The Hall–Kier alpha value is -0.980. The molecule has 19 heavy (non-hydrogen) atoms. The predicted octanol–water partition coefficient (Wildman–Crippen LogP) is 1.56. The van der Waals surface area contributed by atoms with E-state index in [1.807, 2.05) is 0 Å². The minimum atomic E-state index is -3.31. The Morgan fingerprint density at radius 2 is 1.95 bits per heavy atom. The van der Waals surface area contributed by atoms with Gasteiger partial charge in [-0.25, -0.2) is 17.5 Å². The minimum absolute atomic E-state index is 0.0645. The molecule has 1 saturated carbocycles. The second-order valence-electron chi connectivity index (χ2n) is 4.94. The Kier molecular flexibility index (Phi) is 4.54. The third-order valence-corrected chi connectivity index (χ3v) is 4.56. The first-order valence-electron chi connectivity index (χ1n) is 6.45. The van der Waals surface area contributed by atoms with E-state index in [1.165, 1.54) is 12.1 Å². The van der Waals surface area contributed by atoms with Crippen molar-refractivity contribution in [3.8, 4) is 0 Å². The summed E-state index contributed by atoms with van der Waals surface area (Å²) in [5.74, 6) is -0.262. The summed E-state index contributed by atoms with van der Waals surface area (Å²) >= 11 is 0. The third-order valence-electron chi connectivity index (χ3n) is 3.11. The van der Waals surface area contributed by atoms with Gasteiger partial charge in [0.05, 0.1) is 5.75 Å². The van der Waals surface area contributed by atoms with Gasteiger partial charge in [0, 0.05) is 18.6 Å². The number of rotatable bonds is 7. The maximum Gasteiger partial charge on any atom is 0.213 e. The first-order chi connectivity index (χ1) is 8.96. The summed E-state index contributed by atoms with van der Waals surface area (Å²) < 4.78 is 39.1. The molecular formula is C13H19FN2O2S. The van der Waals surface area contributed by atoms with Crippen molar-refractivity contribution >= 4 is 10.0 Å². The quantitative estimate of drug-likeness (QED) is 0.799. The number of benzene rings is 1. The van der Waals surface area contributed by atoms with Gasteiger partial charge in [-0.2, -0.15) is 0 Å². The van der Waals surface area contributed by atoms with Crippen molar-refractivity contribution in [2.75, 3.05) is 12.3 Å². The molecule has 4 nitrogen and oxygen atoms in total. The van der Waals surface area contributed by atoms with Crippen LogP contribution in [0.1, 0.15) is 31.4 Å². The highest BCUT2D eigenvalue weighted by molar-refractivity contribution is 7.89. The summed E-state index contributed by atoms with van der Waals surface area (Å²) in [7, 11) is -3.31. The zero-order valence-electron chi connectivity index (χ0n) is 10.9. The van der Waals surface area contributed by atoms with Crippen LogP contribution in [0, 0.1) is 5.82 Å². The van der Waals surface area contributed by atoms with Crippen LogP contribution < -0.4 is 10.0 Å². The molecule has 1 atom stereocenters. The van der Waals surface area contributed by atoms with E-state index in [9.17, 15) is 12.8 Å². The highest BCUT2D eigenvalue weighted by Gasteiger charge is 2.22. The van der Waals surface area contributed by atoms with Gasteiger partial charge in [-0.15, -0.1) is 0 Å². The molecule has 0 radical (unpaired) electrons. The summed E-state index contributed by atoms with van der Waals surface area (Å²) in [5, 5.41) is 3.16. The molecule has 1 unspecified atom stereocenters. The van der Waals surface area contributed by atoms with Gasteiger partial charge in [0.1, 0.15) is 5.82 Å². The van der Waals surface area contributed by atoms with E-state index in [1.54, 1.807) is 19.1 Å². The molecule has 1 aliphatic rings. The van der Waals surface area contributed by atoms with Gasteiger partial charge in [0.15, 0.2) is 0 Å². The molecule has 1 aliphatic carbocycles. The van der Waals surface area contributed by atoms with Crippen LogP contribution in [0.3, 0.4) is 0 Å². The molecule has 1 aromatic carbocycles. The lowest BCUT2D eigenvalue weighted by molar-refractivity contribution is 0.562. The Balaban J connectivity index is 1.85. The van der Waals surface area contributed by atoms with Gasteiger partial charge in [0.25, 0.3) is 0 Å². The zero-order chi connectivity index (χ0) is 13.9. The lowest BCUT2D eigenvalue weighted by Crippen LogP contribution is -2.34. The fraction of sp³-hybridized carbons (Fsp3) is 0.538. The monoisotopic (exact) mass is 286 g/mol. The molecule has 1 fully saturated rings. The van der Waals surface area contributed by atoms with Gasteiger partial charge < -0.3 is 5.32 Å². The number of halogens is 1. The van der Waals surface area contributed by atoms with Crippen LogP contribution in [0.5, 0.6) is 0 Å². The van der Waals surface area contributed by atoms with Crippen molar-refractivity contribution in [3.63, 3.8) is 0 Å². The van der Waals surface area contributed by atoms with Crippen molar-refractivity contribution in [3.05, 3.63) is 35.6 Å². The number of hydrogen-bond donors (Lipinski definition) is 2. The molecule has 6 heteroatoms. The van der Waals surface area contributed by atoms with E-state index >= 15 is 0 Å². The van der Waals surface area contributed by atoms with Crippen LogP contribution in [0.4, 0.5) is 4.39 Å². The average molecular weight is 286 g/mol. The van der Waals surface area contributed by atoms with Crippen molar-refractivity contribution in [2.24, 2.45) is 0 Å². The second kappa shape index (κ2) is 5.98. The molecule has 1 aromatic rings. The fourth-order valence-electron chi connectivity index (χ4n) is 1.83. The Morgan fingerprint density at radius 1 is 1.32 bits per heavy atom. The molecule has 0 heterocycles. The zero-order valence-corrected chi connectivity index (χ0v) is 11.7. The predicted molar refractivity (Wildman–Crippen MR) is 72.8 cm³/mol. The maximum absolute atomic E-state index is 12.8. The van der Waals surface area contributed by atoms with Crippen LogP contribution >= 0.6 is 0 Å². The SMILES string of the molecule is CC(NS(=O)(=O)CCNC1CC1)c1ccc(F)cc1. The minimum Gasteiger partial charge on any atom is -0.313 e. The molecule has 0 aromatic heterocycles. The fourth-order valence-corrected chi connectivity index (χ4v) is 3.01. The van der Waals surface area contributed by atoms with Crippen LogP contribution in [-0.4, -0.2) is 26.8 Å². The van der Waals surface area contributed by atoms with E-state index in [0.29, 0.717) is 12.6 Å². The number of sulfonamides is 1. The topological polar surface area (TPSA) is 58.2 Å². The van der Waals surface area contributed by atoms with Crippen LogP contribution in [0.15, 0.2) is 24.3 Å². The molecule has 0 saturated heterocycles. The molecule has 2 rings (SSSR count). The highest BCUT2D eigenvalue weighted by atomic mass is 32.2. The number of hydrogen-bond acceptors (Lipinski definition) is 3. The van der Waals surface area contributed by atoms with Gasteiger partial charge in [0.2, 0.25) is 10.0 Å². The van der Waals surface area contributed by atoms with E-state index in [2.05, 4.69) is 10.0 Å². The normalized spacial score (nSPS) is 17.4. The smallest absolute Gasteiger partial charge is 0.213 e. The molecule has 0 amide bonds. The van der Waals surface area contributed by atoms with E-state index in [-0.39, 0.29) is 17.6 Å². The molecule has 0 bridgehead atoms. The van der Waals surface area contributed by atoms with Crippen molar-refractivity contribution in [1.82, 2.24) is 10.0 Å². The Labute approximate surface area is 113 Å². The van der Waals surface area contributed by atoms with Crippen molar-refractivity contribution < 1.29 is 12.8 Å². The van der Waals surface area contributed by atoms with Crippen molar-refractivity contribution in [1.29, 1.82) is 0 Å². The number of nitrogens with one attached hydrogen (secondary N) is 2. The first-order valence-corrected chi connectivity index (χ1v) is 8.10. The first kappa shape index (κ1) is 14.4. The van der Waals surface area contributed by atoms with Gasteiger partial charge in [-0.3, -0.25) is 0 Å². The Bertz CT molecular complexity index is 512. The highest BCUT2D eigenvalue weighted by Crippen LogP contribution is 2.18. The van der Waals surface area contributed by atoms with Crippen molar-refractivity contribution in [2.45, 2.75) is 31.8 Å². The summed E-state index contributed by atoms with van der Waals surface area (Å²) in [5.41, 5.74) is 0.750. The average Bonchev–Trinajstić information content (AvgIpc) is 3.13. The van der Waals surface area contributed by atoms with E-state index in [4.69, 9.17) is 0 Å². The lowest BCUT2D eigenvalue weighted by atomic mass is 10.1. The Morgan fingerprint density at radius 3 is 2.53 bits per heavy atom. The molecule has 106 valence electrons. The summed E-state index contributed by atoms with van der Waals surface area (Å²) in [4.78, 5) is 0. The van der Waals surface area contributed by atoms with Crippen LogP contribution in [0.2, 0.25) is 0 Å². The molecular weight excluding hydrogens is 267 g/mol.